The molecule has 0 bridgehead atoms. The number of rotatable bonds is 2. The number of nitrogens with zero attached hydrogens (tertiary/aromatic N) is 5. The normalized spacial score (nSPS) is 26.8. The molecule has 1 saturated heterocycles. The first-order chi connectivity index (χ1) is 12.2. The Morgan fingerprint density at radius 2 is 2.12 bits per heavy atom. The summed E-state index contributed by atoms with van der Waals surface area (Å²) in [4.78, 5) is 18.5. The van der Waals surface area contributed by atoms with E-state index in [2.05, 4.69) is 45.9 Å². The molecule has 25 heavy (non-hydrogen) atoms. The fraction of sp³-hybridized carbons (Fsp3) is 0.611. The third-order valence-electron chi connectivity index (χ3n) is 5.16. The fourth-order valence-electron chi connectivity index (χ4n) is 3.98. The van der Waals surface area contributed by atoms with Crippen LogP contribution in [0.4, 0.5) is 11.5 Å². The summed E-state index contributed by atoms with van der Waals surface area (Å²) in [6.07, 6.45) is 10.0. The van der Waals surface area contributed by atoms with Crippen molar-refractivity contribution in [1.29, 1.82) is 0 Å². The van der Waals surface area contributed by atoms with Gasteiger partial charge in [0.25, 0.3) is 0 Å². The zero-order valence-electron chi connectivity index (χ0n) is 14.7. The van der Waals surface area contributed by atoms with Crippen LogP contribution in [-0.2, 0) is 4.74 Å². The first kappa shape index (κ1) is 16.8. The fourth-order valence-corrected chi connectivity index (χ4v) is 4.11. The molecule has 6 nitrogen and oxygen atoms in total. The molecular weight excluding hydrogens is 338 g/mol. The molecule has 1 aromatic rings. The van der Waals surface area contributed by atoms with E-state index in [0.717, 1.165) is 56.2 Å². The van der Waals surface area contributed by atoms with E-state index in [1.165, 1.54) is 0 Å². The van der Waals surface area contributed by atoms with Gasteiger partial charge in [-0.25, -0.2) is 4.98 Å². The highest BCUT2D eigenvalue weighted by Crippen LogP contribution is 2.40. The van der Waals surface area contributed by atoms with Crippen molar-refractivity contribution in [2.75, 3.05) is 23.0 Å². The predicted molar refractivity (Wildman–Crippen MR) is 101 cm³/mol. The van der Waals surface area contributed by atoms with E-state index >= 15 is 0 Å². The van der Waals surface area contributed by atoms with Gasteiger partial charge in [0.2, 0.25) is 5.28 Å². The first-order valence-corrected chi connectivity index (χ1v) is 9.49. The minimum Gasteiger partial charge on any atom is -0.381 e. The molecule has 0 radical (unpaired) electrons. The Morgan fingerprint density at radius 3 is 2.88 bits per heavy atom. The van der Waals surface area contributed by atoms with Crippen LogP contribution < -0.4 is 9.80 Å². The average Bonchev–Trinajstić information content (AvgIpc) is 2.82. The maximum absolute atomic E-state index is 6.16. The molecule has 7 heteroatoms. The Kier molecular flexibility index (Phi) is 4.65. The van der Waals surface area contributed by atoms with Gasteiger partial charge in [0.05, 0.1) is 18.3 Å². The van der Waals surface area contributed by atoms with Crippen molar-refractivity contribution in [2.45, 2.75) is 57.7 Å². The van der Waals surface area contributed by atoms with Crippen LogP contribution in [0.1, 0.15) is 39.5 Å². The predicted octanol–water partition coefficient (Wildman–Crippen LogP) is 3.42. The molecule has 4 rings (SSSR count). The highest BCUT2D eigenvalue weighted by Gasteiger charge is 2.40. The lowest BCUT2D eigenvalue weighted by atomic mass is 9.99. The summed E-state index contributed by atoms with van der Waals surface area (Å²) in [5.74, 6) is 2.01. The maximum Gasteiger partial charge on any atom is 0.224 e. The summed E-state index contributed by atoms with van der Waals surface area (Å²) in [5, 5.41) is 0.290. The van der Waals surface area contributed by atoms with Crippen molar-refractivity contribution in [2.24, 2.45) is 4.99 Å². The number of hydrogen-bond acceptors (Lipinski definition) is 6. The lowest BCUT2D eigenvalue weighted by molar-refractivity contribution is 0.0833. The molecule has 3 aliphatic heterocycles. The van der Waals surface area contributed by atoms with Gasteiger partial charge in [-0.3, -0.25) is 9.89 Å². The Hall–Kier alpha value is -1.66. The van der Waals surface area contributed by atoms with Crippen LogP contribution in [0.15, 0.2) is 23.5 Å². The number of anilines is 2. The third kappa shape index (κ3) is 3.02. The number of aliphatic imine (C=N–C) groups is 1. The minimum absolute atomic E-state index is 0.187. The van der Waals surface area contributed by atoms with Crippen molar-refractivity contribution < 1.29 is 4.74 Å². The maximum atomic E-state index is 6.16. The number of halogens is 1. The molecule has 4 heterocycles. The highest BCUT2D eigenvalue weighted by molar-refractivity contribution is 6.28. The number of aromatic nitrogens is 2. The topological polar surface area (TPSA) is 53.9 Å². The summed E-state index contributed by atoms with van der Waals surface area (Å²) < 4.78 is 5.58. The van der Waals surface area contributed by atoms with E-state index < -0.39 is 0 Å². The summed E-state index contributed by atoms with van der Waals surface area (Å²) in [6, 6.07) is 0.846. The van der Waals surface area contributed by atoms with Crippen LogP contribution in [0.3, 0.4) is 0 Å². The van der Waals surface area contributed by atoms with Crippen LogP contribution in [-0.4, -0.2) is 47.1 Å². The molecule has 2 unspecified atom stereocenters. The Bertz CT molecular complexity index is 701. The number of fused-ring (bicyclic) bond motifs is 3. The van der Waals surface area contributed by atoms with E-state index in [1.54, 1.807) is 0 Å². The van der Waals surface area contributed by atoms with Crippen LogP contribution in [0, 0.1) is 0 Å². The van der Waals surface area contributed by atoms with Crippen molar-refractivity contribution in [3.05, 3.63) is 23.8 Å². The van der Waals surface area contributed by atoms with E-state index in [1.807, 2.05) is 6.20 Å². The third-order valence-corrected chi connectivity index (χ3v) is 5.34. The molecule has 0 saturated carbocycles. The van der Waals surface area contributed by atoms with Gasteiger partial charge in [0, 0.05) is 25.5 Å². The Labute approximate surface area is 153 Å². The van der Waals surface area contributed by atoms with E-state index in [-0.39, 0.29) is 12.1 Å². The molecule has 0 amide bonds. The largest absolute Gasteiger partial charge is 0.381 e. The highest BCUT2D eigenvalue weighted by atomic mass is 35.5. The smallest absolute Gasteiger partial charge is 0.224 e. The Balaban J connectivity index is 1.87. The Morgan fingerprint density at radius 1 is 1.32 bits per heavy atom. The van der Waals surface area contributed by atoms with E-state index in [9.17, 15) is 0 Å². The van der Waals surface area contributed by atoms with Crippen LogP contribution in [0.2, 0.25) is 5.28 Å². The quantitative estimate of drug-likeness (QED) is 0.755. The van der Waals surface area contributed by atoms with Crippen LogP contribution >= 0.6 is 11.6 Å². The van der Waals surface area contributed by atoms with Crippen LogP contribution in [0.25, 0.3) is 0 Å². The number of amidine groups is 1. The second-order valence-electron chi connectivity index (χ2n) is 6.85. The molecule has 3 aliphatic rings. The van der Waals surface area contributed by atoms with Gasteiger partial charge in [-0.15, -0.1) is 0 Å². The standard InChI is InChI=1S/C18H24ClN5O/c1-3-14-16-21-12(2)5-4-8-23(16)15-11-20-18(19)22-17(15)24(14)13-6-9-25-10-7-13/h4,8,11-14H,3,5-7,9-10H2,1-2H3. The van der Waals surface area contributed by atoms with Gasteiger partial charge in [-0.2, -0.15) is 4.98 Å². The molecule has 134 valence electrons. The van der Waals surface area contributed by atoms with Crippen molar-refractivity contribution in [3.8, 4) is 0 Å². The van der Waals surface area contributed by atoms with E-state index in [4.69, 9.17) is 21.3 Å². The van der Waals surface area contributed by atoms with Gasteiger partial charge in [-0.05, 0) is 44.2 Å². The molecule has 0 spiro atoms. The molecule has 1 fully saturated rings. The first-order valence-electron chi connectivity index (χ1n) is 9.11. The zero-order valence-corrected chi connectivity index (χ0v) is 15.5. The van der Waals surface area contributed by atoms with Gasteiger partial charge in [0.15, 0.2) is 5.82 Å². The lowest BCUT2D eigenvalue weighted by Crippen LogP contribution is -2.57. The van der Waals surface area contributed by atoms with E-state index in [0.29, 0.717) is 11.3 Å². The monoisotopic (exact) mass is 361 g/mol. The number of hydrogen-bond donors (Lipinski definition) is 0. The summed E-state index contributed by atoms with van der Waals surface area (Å²) in [6.45, 7) is 5.96. The molecule has 0 aromatic carbocycles. The average molecular weight is 362 g/mol. The SMILES string of the molecule is CCC1C2=NC(C)CC=CN2c2cnc(Cl)nc2N1C1CCOCC1. The second kappa shape index (κ2) is 6.92. The second-order valence-corrected chi connectivity index (χ2v) is 7.19. The summed E-state index contributed by atoms with van der Waals surface area (Å²) >= 11 is 6.16. The van der Waals surface area contributed by atoms with Crippen LogP contribution in [0.5, 0.6) is 0 Å². The van der Waals surface area contributed by atoms with Crippen molar-refractivity contribution in [3.63, 3.8) is 0 Å². The summed E-state index contributed by atoms with van der Waals surface area (Å²) in [5.41, 5.74) is 0.963. The molecule has 0 N–H and O–H groups in total. The van der Waals surface area contributed by atoms with Gasteiger partial charge < -0.3 is 9.64 Å². The molecule has 2 atom stereocenters. The lowest BCUT2D eigenvalue weighted by Gasteiger charge is -2.47. The molecule has 0 aliphatic carbocycles. The molecular formula is C18H24ClN5O. The van der Waals surface area contributed by atoms with Gasteiger partial charge in [-0.1, -0.05) is 13.0 Å². The minimum atomic E-state index is 0.187. The van der Waals surface area contributed by atoms with Gasteiger partial charge in [0.1, 0.15) is 11.5 Å². The van der Waals surface area contributed by atoms with Crippen molar-refractivity contribution >= 4 is 28.9 Å². The number of ether oxygens (including phenoxy) is 1. The molecule has 1 aromatic heterocycles. The zero-order chi connectivity index (χ0) is 17.4. The van der Waals surface area contributed by atoms with Crippen molar-refractivity contribution in [1.82, 2.24) is 9.97 Å². The van der Waals surface area contributed by atoms with Gasteiger partial charge >= 0.3 is 0 Å². The summed E-state index contributed by atoms with van der Waals surface area (Å²) in [7, 11) is 0.